The Hall–Kier alpha value is -2.19. The summed E-state index contributed by atoms with van der Waals surface area (Å²) in [7, 11) is 0. The molecular weight excluding hydrogens is 431 g/mol. The molecule has 0 spiro atoms. The van der Waals surface area contributed by atoms with Gasteiger partial charge in [-0.2, -0.15) is 0 Å². The molecule has 1 aromatic heterocycles. The Labute approximate surface area is 169 Å². The molecule has 8 heteroatoms. The fourth-order valence-electron chi connectivity index (χ4n) is 2.58. The molecule has 1 N–H and O–H groups in total. The summed E-state index contributed by atoms with van der Waals surface area (Å²) in [6.07, 6.45) is 0. The molecule has 27 heavy (non-hydrogen) atoms. The molecule has 5 nitrogen and oxygen atoms in total. The van der Waals surface area contributed by atoms with Crippen LogP contribution in [0.5, 0.6) is 0 Å². The number of nitrogens with one attached hydrogen (secondary N) is 1. The van der Waals surface area contributed by atoms with Crippen LogP contribution in [0.1, 0.15) is 17.0 Å². The number of carbonyl (C=O) groups excluding carboxylic acids is 1. The molecule has 0 aliphatic carbocycles. The SMILES string of the molecule is Cc1ccc(C)c(-n2c(C)nnc2SCC(=O)Nc2ccc(Br)cc2F)c1. The van der Waals surface area contributed by atoms with Gasteiger partial charge in [-0.15, -0.1) is 10.2 Å². The van der Waals surface area contributed by atoms with Crippen LogP contribution in [-0.4, -0.2) is 26.4 Å². The minimum atomic E-state index is -0.489. The molecule has 140 valence electrons. The van der Waals surface area contributed by atoms with Crippen LogP contribution < -0.4 is 5.32 Å². The van der Waals surface area contributed by atoms with Gasteiger partial charge in [-0.3, -0.25) is 9.36 Å². The van der Waals surface area contributed by atoms with E-state index in [0.717, 1.165) is 22.6 Å². The van der Waals surface area contributed by atoms with E-state index in [2.05, 4.69) is 37.5 Å². The molecule has 0 saturated heterocycles. The fraction of sp³-hybridized carbons (Fsp3) is 0.211. The fourth-order valence-corrected chi connectivity index (χ4v) is 3.70. The van der Waals surface area contributed by atoms with E-state index < -0.39 is 5.82 Å². The molecule has 1 heterocycles. The Morgan fingerprint density at radius 1 is 1.19 bits per heavy atom. The van der Waals surface area contributed by atoms with E-state index >= 15 is 0 Å². The summed E-state index contributed by atoms with van der Waals surface area (Å²) in [4.78, 5) is 12.2. The van der Waals surface area contributed by atoms with Crippen molar-refractivity contribution in [1.29, 1.82) is 0 Å². The van der Waals surface area contributed by atoms with Crippen molar-refractivity contribution in [3.05, 3.63) is 63.6 Å². The van der Waals surface area contributed by atoms with E-state index in [1.54, 1.807) is 6.07 Å². The highest BCUT2D eigenvalue weighted by Gasteiger charge is 2.16. The van der Waals surface area contributed by atoms with Gasteiger partial charge >= 0.3 is 0 Å². The first-order valence-electron chi connectivity index (χ1n) is 8.22. The number of hydrogen-bond acceptors (Lipinski definition) is 4. The molecule has 2 aromatic carbocycles. The Bertz CT molecular complexity index is 1010. The number of aryl methyl sites for hydroxylation is 3. The molecule has 0 saturated carbocycles. The molecule has 0 radical (unpaired) electrons. The lowest BCUT2D eigenvalue weighted by atomic mass is 10.1. The van der Waals surface area contributed by atoms with Gasteiger partial charge in [0, 0.05) is 4.47 Å². The van der Waals surface area contributed by atoms with Crippen LogP contribution in [-0.2, 0) is 4.79 Å². The van der Waals surface area contributed by atoms with Crippen LogP contribution in [0.15, 0.2) is 46.0 Å². The van der Waals surface area contributed by atoms with E-state index in [-0.39, 0.29) is 17.3 Å². The molecule has 0 unspecified atom stereocenters. The summed E-state index contributed by atoms with van der Waals surface area (Å²) in [5, 5.41) is 11.5. The molecular formula is C19H18BrFN4OS. The molecule has 0 fully saturated rings. The second-order valence-electron chi connectivity index (χ2n) is 6.12. The zero-order chi connectivity index (χ0) is 19.6. The van der Waals surface area contributed by atoms with Gasteiger partial charge in [0.15, 0.2) is 5.16 Å². The van der Waals surface area contributed by atoms with Crippen molar-refractivity contribution in [2.24, 2.45) is 0 Å². The lowest BCUT2D eigenvalue weighted by Crippen LogP contribution is -2.15. The highest BCUT2D eigenvalue weighted by Crippen LogP contribution is 2.25. The average Bonchev–Trinajstić information content (AvgIpc) is 2.98. The first-order chi connectivity index (χ1) is 12.8. The maximum atomic E-state index is 13.9. The zero-order valence-corrected chi connectivity index (χ0v) is 17.5. The Kier molecular flexibility index (Phi) is 5.96. The lowest BCUT2D eigenvalue weighted by Gasteiger charge is -2.12. The predicted molar refractivity (Wildman–Crippen MR) is 109 cm³/mol. The summed E-state index contributed by atoms with van der Waals surface area (Å²) in [5.74, 6) is 0.0375. The third kappa shape index (κ3) is 4.56. The van der Waals surface area contributed by atoms with E-state index in [0.29, 0.717) is 9.63 Å². The first-order valence-corrected chi connectivity index (χ1v) is 10.0. The zero-order valence-electron chi connectivity index (χ0n) is 15.1. The van der Waals surface area contributed by atoms with Crippen LogP contribution >= 0.6 is 27.7 Å². The van der Waals surface area contributed by atoms with Gasteiger partial charge in [-0.05, 0) is 56.2 Å². The van der Waals surface area contributed by atoms with E-state index in [1.807, 2.05) is 37.5 Å². The van der Waals surface area contributed by atoms with Gasteiger partial charge in [-0.1, -0.05) is 39.8 Å². The molecule has 0 bridgehead atoms. The average molecular weight is 449 g/mol. The van der Waals surface area contributed by atoms with Gasteiger partial charge in [0.05, 0.1) is 17.1 Å². The molecule has 3 rings (SSSR count). The van der Waals surface area contributed by atoms with E-state index in [1.165, 1.54) is 23.9 Å². The third-order valence-corrected chi connectivity index (χ3v) is 5.36. The lowest BCUT2D eigenvalue weighted by molar-refractivity contribution is -0.113. The number of nitrogens with zero attached hydrogens (tertiary/aromatic N) is 3. The minimum absolute atomic E-state index is 0.0957. The number of carbonyl (C=O) groups is 1. The number of benzene rings is 2. The number of anilines is 1. The van der Waals surface area contributed by atoms with Crippen LogP contribution in [0.4, 0.5) is 10.1 Å². The minimum Gasteiger partial charge on any atom is -0.323 e. The summed E-state index contributed by atoms with van der Waals surface area (Å²) in [6, 6.07) is 10.7. The molecule has 3 aromatic rings. The summed E-state index contributed by atoms with van der Waals surface area (Å²) in [5.41, 5.74) is 3.35. The van der Waals surface area contributed by atoms with E-state index in [4.69, 9.17) is 0 Å². The Morgan fingerprint density at radius 2 is 1.96 bits per heavy atom. The van der Waals surface area contributed by atoms with Crippen molar-refractivity contribution in [2.75, 3.05) is 11.1 Å². The highest BCUT2D eigenvalue weighted by molar-refractivity contribution is 9.10. The quantitative estimate of drug-likeness (QED) is 0.568. The van der Waals surface area contributed by atoms with Crippen LogP contribution in [0, 0.1) is 26.6 Å². The topological polar surface area (TPSA) is 59.8 Å². The van der Waals surface area contributed by atoms with Crippen molar-refractivity contribution in [1.82, 2.24) is 14.8 Å². The van der Waals surface area contributed by atoms with Crippen molar-refractivity contribution < 1.29 is 9.18 Å². The van der Waals surface area contributed by atoms with Gasteiger partial charge in [-0.25, -0.2) is 4.39 Å². The number of amides is 1. The number of hydrogen-bond donors (Lipinski definition) is 1. The predicted octanol–water partition coefficient (Wildman–Crippen LogP) is 4.82. The Balaban J connectivity index is 1.75. The standard InChI is InChI=1S/C19H18BrFN4OS/c1-11-4-5-12(2)17(8-11)25-13(3)23-24-19(25)27-10-18(26)22-16-7-6-14(20)9-15(16)21/h4-9H,10H2,1-3H3,(H,22,26). The first kappa shape index (κ1) is 19.6. The smallest absolute Gasteiger partial charge is 0.234 e. The highest BCUT2D eigenvalue weighted by atomic mass is 79.9. The number of aromatic nitrogens is 3. The third-order valence-electron chi connectivity index (χ3n) is 3.94. The van der Waals surface area contributed by atoms with Crippen molar-refractivity contribution >= 4 is 39.3 Å². The summed E-state index contributed by atoms with van der Waals surface area (Å²) < 4.78 is 16.4. The van der Waals surface area contributed by atoms with Crippen molar-refractivity contribution in [2.45, 2.75) is 25.9 Å². The number of rotatable bonds is 5. The summed E-state index contributed by atoms with van der Waals surface area (Å²) >= 11 is 4.45. The van der Waals surface area contributed by atoms with Gasteiger partial charge in [0.2, 0.25) is 5.91 Å². The van der Waals surface area contributed by atoms with Crippen LogP contribution in [0.3, 0.4) is 0 Å². The molecule has 0 atom stereocenters. The van der Waals surface area contributed by atoms with Crippen LogP contribution in [0.25, 0.3) is 5.69 Å². The second kappa shape index (κ2) is 8.22. The van der Waals surface area contributed by atoms with Gasteiger partial charge < -0.3 is 5.32 Å². The maximum Gasteiger partial charge on any atom is 0.234 e. The Morgan fingerprint density at radius 3 is 2.70 bits per heavy atom. The summed E-state index contributed by atoms with van der Waals surface area (Å²) in [6.45, 7) is 5.91. The maximum absolute atomic E-state index is 13.9. The molecule has 0 aliphatic heterocycles. The van der Waals surface area contributed by atoms with Gasteiger partial charge in [0.1, 0.15) is 11.6 Å². The number of thioether (sulfide) groups is 1. The second-order valence-corrected chi connectivity index (χ2v) is 7.97. The molecule has 0 aliphatic rings. The van der Waals surface area contributed by atoms with Crippen molar-refractivity contribution in [3.8, 4) is 5.69 Å². The normalized spacial score (nSPS) is 10.9. The van der Waals surface area contributed by atoms with E-state index in [9.17, 15) is 9.18 Å². The van der Waals surface area contributed by atoms with Gasteiger partial charge in [0.25, 0.3) is 0 Å². The largest absolute Gasteiger partial charge is 0.323 e. The van der Waals surface area contributed by atoms with Crippen molar-refractivity contribution in [3.63, 3.8) is 0 Å². The van der Waals surface area contributed by atoms with Crippen LogP contribution in [0.2, 0.25) is 0 Å². The molecule has 1 amide bonds. The number of halogens is 2. The monoisotopic (exact) mass is 448 g/mol.